The van der Waals surface area contributed by atoms with E-state index in [1.165, 1.54) is 0 Å². The van der Waals surface area contributed by atoms with E-state index in [4.69, 9.17) is 16.3 Å². The lowest BCUT2D eigenvalue weighted by molar-refractivity contribution is -0.126. The lowest BCUT2D eigenvalue weighted by Crippen LogP contribution is -2.32. The second-order valence-electron chi connectivity index (χ2n) is 6.60. The van der Waals surface area contributed by atoms with Gasteiger partial charge in [-0.25, -0.2) is 0 Å². The first-order chi connectivity index (χ1) is 13.1. The van der Waals surface area contributed by atoms with Gasteiger partial charge < -0.3 is 15.0 Å². The summed E-state index contributed by atoms with van der Waals surface area (Å²) in [4.78, 5) is 26.5. The summed E-state index contributed by atoms with van der Waals surface area (Å²) in [5, 5.41) is 3.53. The van der Waals surface area contributed by atoms with Crippen molar-refractivity contribution in [2.45, 2.75) is 26.3 Å². The number of anilines is 1. The molecule has 0 bridgehead atoms. The third kappa shape index (κ3) is 5.01. The Morgan fingerprint density at radius 3 is 2.74 bits per heavy atom. The summed E-state index contributed by atoms with van der Waals surface area (Å²) in [6.07, 6.45) is 1.16. The molecule has 0 spiro atoms. The van der Waals surface area contributed by atoms with Crippen molar-refractivity contribution in [2.24, 2.45) is 5.92 Å². The van der Waals surface area contributed by atoms with Crippen LogP contribution in [0.2, 0.25) is 5.02 Å². The molecule has 0 aromatic heterocycles. The first kappa shape index (κ1) is 19.2. The van der Waals surface area contributed by atoms with Crippen LogP contribution in [0.15, 0.2) is 48.5 Å². The second-order valence-corrected chi connectivity index (χ2v) is 7.03. The predicted octanol–water partition coefficient (Wildman–Crippen LogP) is 3.80. The van der Waals surface area contributed by atoms with Crippen molar-refractivity contribution in [3.63, 3.8) is 0 Å². The fourth-order valence-corrected chi connectivity index (χ4v) is 3.27. The molecule has 1 saturated heterocycles. The molecular formula is C21H23ClN2O3. The Morgan fingerprint density at radius 2 is 2.04 bits per heavy atom. The van der Waals surface area contributed by atoms with Crippen LogP contribution >= 0.6 is 11.6 Å². The van der Waals surface area contributed by atoms with Gasteiger partial charge in [-0.05, 0) is 48.4 Å². The number of halogens is 1. The van der Waals surface area contributed by atoms with Gasteiger partial charge >= 0.3 is 0 Å². The van der Waals surface area contributed by atoms with Crippen LogP contribution in [-0.4, -0.2) is 25.0 Å². The number of rotatable bonds is 7. The lowest BCUT2D eigenvalue weighted by Gasteiger charge is -2.17. The minimum Gasteiger partial charge on any atom is -0.494 e. The fraction of sp³-hybridized carbons (Fsp3) is 0.333. The van der Waals surface area contributed by atoms with Crippen molar-refractivity contribution in [3.05, 3.63) is 59.1 Å². The van der Waals surface area contributed by atoms with Gasteiger partial charge in [-0.15, -0.1) is 0 Å². The molecule has 142 valence electrons. The number of nitrogens with zero attached hydrogens (tertiary/aromatic N) is 1. The summed E-state index contributed by atoms with van der Waals surface area (Å²) >= 11 is 5.96. The Hall–Kier alpha value is -2.53. The number of carbonyl (C=O) groups excluding carboxylic acids is 2. The molecule has 0 saturated carbocycles. The molecule has 1 heterocycles. The lowest BCUT2D eigenvalue weighted by atomic mass is 10.1. The van der Waals surface area contributed by atoms with Crippen LogP contribution in [0.5, 0.6) is 5.75 Å². The molecule has 1 aliphatic rings. The maximum Gasteiger partial charge on any atom is 0.227 e. The molecule has 1 N–H and O–H groups in total. The Balaban J connectivity index is 1.57. The van der Waals surface area contributed by atoms with Gasteiger partial charge in [0.25, 0.3) is 0 Å². The zero-order valence-electron chi connectivity index (χ0n) is 15.3. The third-order valence-electron chi connectivity index (χ3n) is 4.47. The van der Waals surface area contributed by atoms with Gasteiger partial charge in [0.05, 0.1) is 12.5 Å². The van der Waals surface area contributed by atoms with Gasteiger partial charge in [0.2, 0.25) is 11.8 Å². The number of amides is 2. The number of ether oxygens (including phenoxy) is 1. The van der Waals surface area contributed by atoms with E-state index in [-0.39, 0.29) is 24.2 Å². The van der Waals surface area contributed by atoms with Crippen LogP contribution in [0.25, 0.3) is 0 Å². The summed E-state index contributed by atoms with van der Waals surface area (Å²) in [6, 6.07) is 14.8. The van der Waals surface area contributed by atoms with Gasteiger partial charge in [-0.2, -0.15) is 0 Å². The van der Waals surface area contributed by atoms with E-state index in [0.29, 0.717) is 24.7 Å². The first-order valence-corrected chi connectivity index (χ1v) is 9.50. The molecular weight excluding hydrogens is 364 g/mol. The Labute approximate surface area is 164 Å². The van der Waals surface area contributed by atoms with Crippen LogP contribution in [0.3, 0.4) is 0 Å². The molecule has 0 unspecified atom stereocenters. The van der Waals surface area contributed by atoms with E-state index >= 15 is 0 Å². The fourth-order valence-electron chi connectivity index (χ4n) is 3.06. The van der Waals surface area contributed by atoms with Crippen molar-refractivity contribution >= 4 is 29.1 Å². The van der Waals surface area contributed by atoms with Crippen molar-refractivity contribution in [1.29, 1.82) is 0 Å². The van der Waals surface area contributed by atoms with Crippen molar-refractivity contribution in [2.75, 3.05) is 18.1 Å². The smallest absolute Gasteiger partial charge is 0.227 e. The molecule has 6 heteroatoms. The summed E-state index contributed by atoms with van der Waals surface area (Å²) < 4.78 is 5.56. The van der Waals surface area contributed by atoms with Gasteiger partial charge in [0, 0.05) is 30.2 Å². The van der Waals surface area contributed by atoms with Crippen molar-refractivity contribution in [3.8, 4) is 5.75 Å². The SMILES string of the molecule is CCCOc1ccc(N2C[C@@H](C(=O)NCc3cccc(Cl)c3)CC2=O)cc1. The van der Waals surface area contributed by atoms with E-state index in [9.17, 15) is 9.59 Å². The zero-order valence-corrected chi connectivity index (χ0v) is 16.0. The minimum absolute atomic E-state index is 0.0415. The molecule has 27 heavy (non-hydrogen) atoms. The van der Waals surface area contributed by atoms with E-state index in [0.717, 1.165) is 23.4 Å². The number of benzene rings is 2. The highest BCUT2D eigenvalue weighted by atomic mass is 35.5. The molecule has 1 atom stereocenters. The van der Waals surface area contributed by atoms with E-state index in [2.05, 4.69) is 12.2 Å². The third-order valence-corrected chi connectivity index (χ3v) is 4.71. The summed E-state index contributed by atoms with van der Waals surface area (Å²) in [5.74, 6) is 0.268. The largest absolute Gasteiger partial charge is 0.494 e. The molecule has 1 aliphatic heterocycles. The van der Waals surface area contributed by atoms with Crippen LogP contribution < -0.4 is 15.0 Å². The summed E-state index contributed by atoms with van der Waals surface area (Å²) in [6.45, 7) is 3.49. The van der Waals surface area contributed by atoms with Gasteiger partial charge in [0.1, 0.15) is 5.75 Å². The minimum atomic E-state index is -0.354. The monoisotopic (exact) mass is 386 g/mol. The Bertz CT molecular complexity index is 807. The number of nitrogens with one attached hydrogen (secondary N) is 1. The standard InChI is InChI=1S/C21H23ClN2O3/c1-2-10-27-19-8-6-18(7-9-19)24-14-16(12-20(24)25)21(26)23-13-15-4-3-5-17(22)11-15/h3-9,11,16H,2,10,12-14H2,1H3,(H,23,26)/t16-/m0/s1. The highest BCUT2D eigenvalue weighted by molar-refractivity contribution is 6.30. The highest BCUT2D eigenvalue weighted by Crippen LogP contribution is 2.27. The van der Waals surface area contributed by atoms with Gasteiger partial charge in [-0.3, -0.25) is 9.59 Å². The normalized spacial score (nSPS) is 16.4. The second kappa shape index (κ2) is 8.91. The molecule has 1 fully saturated rings. The summed E-state index contributed by atoms with van der Waals surface area (Å²) in [7, 11) is 0. The highest BCUT2D eigenvalue weighted by Gasteiger charge is 2.34. The topological polar surface area (TPSA) is 58.6 Å². The molecule has 0 radical (unpaired) electrons. The van der Waals surface area contributed by atoms with Crippen LogP contribution in [0.4, 0.5) is 5.69 Å². The maximum absolute atomic E-state index is 12.5. The van der Waals surface area contributed by atoms with Crippen molar-refractivity contribution in [1.82, 2.24) is 5.32 Å². The van der Waals surface area contributed by atoms with Crippen LogP contribution in [-0.2, 0) is 16.1 Å². The van der Waals surface area contributed by atoms with Gasteiger partial charge in [-0.1, -0.05) is 30.7 Å². The van der Waals surface area contributed by atoms with E-state index in [1.54, 1.807) is 11.0 Å². The number of carbonyl (C=O) groups is 2. The molecule has 5 nitrogen and oxygen atoms in total. The maximum atomic E-state index is 12.5. The molecule has 0 aliphatic carbocycles. The predicted molar refractivity (Wildman–Crippen MR) is 106 cm³/mol. The molecule has 2 amide bonds. The average Bonchev–Trinajstić information content (AvgIpc) is 3.07. The molecule has 2 aromatic carbocycles. The van der Waals surface area contributed by atoms with E-state index < -0.39 is 0 Å². The first-order valence-electron chi connectivity index (χ1n) is 9.12. The number of hydrogen-bond acceptors (Lipinski definition) is 3. The Kier molecular flexibility index (Phi) is 6.35. The average molecular weight is 387 g/mol. The summed E-state index contributed by atoms with van der Waals surface area (Å²) in [5.41, 5.74) is 1.72. The Morgan fingerprint density at radius 1 is 1.26 bits per heavy atom. The van der Waals surface area contributed by atoms with Gasteiger partial charge in [0.15, 0.2) is 0 Å². The van der Waals surface area contributed by atoms with Crippen LogP contribution in [0, 0.1) is 5.92 Å². The quantitative estimate of drug-likeness (QED) is 0.787. The van der Waals surface area contributed by atoms with Crippen molar-refractivity contribution < 1.29 is 14.3 Å². The van der Waals surface area contributed by atoms with E-state index in [1.807, 2.05) is 42.5 Å². The molecule has 3 rings (SSSR count). The zero-order chi connectivity index (χ0) is 19.2. The molecule has 2 aromatic rings. The number of hydrogen-bond donors (Lipinski definition) is 1. The van der Waals surface area contributed by atoms with Crippen LogP contribution in [0.1, 0.15) is 25.3 Å².